The SMILES string of the molecule is CCOC(=O)C1=C(NCCc2ccccc2)CCN(C(=O)c2ccc(Cl)cc2Cl)C1. The van der Waals surface area contributed by atoms with Crippen molar-refractivity contribution in [2.75, 3.05) is 26.2 Å². The van der Waals surface area contributed by atoms with Crippen molar-refractivity contribution in [2.45, 2.75) is 19.8 Å². The Morgan fingerprint density at radius 1 is 1.13 bits per heavy atom. The summed E-state index contributed by atoms with van der Waals surface area (Å²) >= 11 is 12.1. The van der Waals surface area contributed by atoms with E-state index in [0.717, 1.165) is 12.1 Å². The van der Waals surface area contributed by atoms with Gasteiger partial charge in [-0.3, -0.25) is 4.79 Å². The summed E-state index contributed by atoms with van der Waals surface area (Å²) in [5.74, 6) is -0.638. The average molecular weight is 447 g/mol. The van der Waals surface area contributed by atoms with Crippen LogP contribution in [-0.4, -0.2) is 43.0 Å². The molecule has 0 spiro atoms. The van der Waals surface area contributed by atoms with Gasteiger partial charge in [0.15, 0.2) is 0 Å². The molecule has 30 heavy (non-hydrogen) atoms. The summed E-state index contributed by atoms with van der Waals surface area (Å²) in [7, 11) is 0. The van der Waals surface area contributed by atoms with Crippen LogP contribution in [-0.2, 0) is 16.0 Å². The van der Waals surface area contributed by atoms with Gasteiger partial charge in [0.25, 0.3) is 5.91 Å². The van der Waals surface area contributed by atoms with Gasteiger partial charge in [0.05, 0.1) is 29.3 Å². The number of benzene rings is 2. The fraction of sp³-hybridized carbons (Fsp3) is 0.304. The van der Waals surface area contributed by atoms with Gasteiger partial charge < -0.3 is 15.0 Å². The first-order chi connectivity index (χ1) is 14.5. The summed E-state index contributed by atoms with van der Waals surface area (Å²) in [5, 5.41) is 4.13. The molecule has 0 aliphatic carbocycles. The zero-order valence-electron chi connectivity index (χ0n) is 16.8. The monoisotopic (exact) mass is 446 g/mol. The van der Waals surface area contributed by atoms with E-state index < -0.39 is 5.97 Å². The van der Waals surface area contributed by atoms with Crippen LogP contribution in [0, 0.1) is 0 Å². The molecule has 0 atom stereocenters. The molecular weight excluding hydrogens is 423 g/mol. The maximum Gasteiger partial charge on any atom is 0.337 e. The van der Waals surface area contributed by atoms with Crippen molar-refractivity contribution >= 4 is 35.1 Å². The van der Waals surface area contributed by atoms with Gasteiger partial charge in [0, 0.05) is 30.2 Å². The Labute approximate surface area is 186 Å². The van der Waals surface area contributed by atoms with Crippen molar-refractivity contribution in [2.24, 2.45) is 0 Å². The molecule has 1 aliphatic heterocycles. The smallest absolute Gasteiger partial charge is 0.337 e. The van der Waals surface area contributed by atoms with Gasteiger partial charge in [-0.05, 0) is 37.1 Å². The van der Waals surface area contributed by atoms with E-state index in [4.69, 9.17) is 27.9 Å². The zero-order chi connectivity index (χ0) is 21.5. The Hall–Kier alpha value is -2.50. The topological polar surface area (TPSA) is 58.6 Å². The van der Waals surface area contributed by atoms with Crippen molar-refractivity contribution in [1.82, 2.24) is 10.2 Å². The van der Waals surface area contributed by atoms with Crippen LogP contribution in [0.2, 0.25) is 10.0 Å². The highest BCUT2D eigenvalue weighted by Gasteiger charge is 2.29. The summed E-state index contributed by atoms with van der Waals surface area (Å²) in [4.78, 5) is 27.1. The predicted octanol–water partition coefficient (Wildman–Crippen LogP) is 4.49. The number of nitrogens with zero attached hydrogens (tertiary/aromatic N) is 1. The maximum absolute atomic E-state index is 13.0. The molecule has 0 saturated heterocycles. The number of ether oxygens (including phenoxy) is 1. The van der Waals surface area contributed by atoms with Crippen molar-refractivity contribution < 1.29 is 14.3 Å². The highest BCUT2D eigenvalue weighted by atomic mass is 35.5. The number of hydrogen-bond acceptors (Lipinski definition) is 4. The first-order valence-electron chi connectivity index (χ1n) is 9.91. The summed E-state index contributed by atoms with van der Waals surface area (Å²) < 4.78 is 5.23. The molecule has 1 amide bonds. The van der Waals surface area contributed by atoms with Gasteiger partial charge in [-0.1, -0.05) is 53.5 Å². The third-order valence-electron chi connectivity index (χ3n) is 4.91. The molecule has 1 aliphatic rings. The Kier molecular flexibility index (Phi) is 7.77. The number of rotatable bonds is 7. The first kappa shape index (κ1) is 22.2. The fourth-order valence-corrected chi connectivity index (χ4v) is 3.86. The number of esters is 1. The Morgan fingerprint density at radius 3 is 2.60 bits per heavy atom. The van der Waals surface area contributed by atoms with E-state index in [-0.39, 0.29) is 19.1 Å². The Balaban J connectivity index is 1.74. The number of hydrogen-bond donors (Lipinski definition) is 1. The van der Waals surface area contributed by atoms with Crippen molar-refractivity contribution in [3.05, 3.63) is 81.0 Å². The molecule has 7 heteroatoms. The molecule has 0 radical (unpaired) electrons. The number of carbonyl (C=O) groups is 2. The molecular formula is C23H24Cl2N2O3. The standard InChI is InChI=1S/C23H24Cl2N2O3/c1-2-30-23(29)19-15-27(22(28)18-9-8-17(24)14-20(18)25)13-11-21(19)26-12-10-16-6-4-3-5-7-16/h3-9,14,26H,2,10-13,15H2,1H3. The number of amides is 1. The lowest BCUT2D eigenvalue weighted by Gasteiger charge is -2.31. The number of halogens is 2. The molecule has 0 aromatic heterocycles. The summed E-state index contributed by atoms with van der Waals surface area (Å²) in [6, 6.07) is 14.9. The van der Waals surface area contributed by atoms with Gasteiger partial charge in [-0.25, -0.2) is 4.79 Å². The molecule has 0 saturated carbocycles. The zero-order valence-corrected chi connectivity index (χ0v) is 18.3. The molecule has 0 bridgehead atoms. The first-order valence-corrected chi connectivity index (χ1v) is 10.7. The van der Waals surface area contributed by atoms with E-state index in [2.05, 4.69) is 17.4 Å². The van der Waals surface area contributed by atoms with E-state index in [1.54, 1.807) is 30.0 Å². The lowest BCUT2D eigenvalue weighted by molar-refractivity contribution is -0.138. The van der Waals surface area contributed by atoms with Crippen molar-refractivity contribution in [3.8, 4) is 0 Å². The molecule has 2 aromatic carbocycles. The molecule has 1 N–H and O–H groups in total. The van der Waals surface area contributed by atoms with Crippen LogP contribution in [0.25, 0.3) is 0 Å². The second kappa shape index (κ2) is 10.5. The normalized spacial score (nSPS) is 13.9. The minimum absolute atomic E-state index is 0.171. The molecule has 2 aromatic rings. The van der Waals surface area contributed by atoms with E-state index in [1.807, 2.05) is 18.2 Å². The highest BCUT2D eigenvalue weighted by Crippen LogP contribution is 2.25. The van der Waals surface area contributed by atoms with Crippen LogP contribution >= 0.6 is 23.2 Å². The minimum atomic E-state index is -0.403. The van der Waals surface area contributed by atoms with Gasteiger partial charge in [0.2, 0.25) is 0 Å². The molecule has 158 valence electrons. The molecule has 0 unspecified atom stereocenters. The molecule has 3 rings (SSSR count). The van der Waals surface area contributed by atoms with E-state index >= 15 is 0 Å². The molecule has 1 heterocycles. The van der Waals surface area contributed by atoms with Crippen molar-refractivity contribution in [1.29, 1.82) is 0 Å². The van der Waals surface area contributed by atoms with Crippen LogP contribution in [0.1, 0.15) is 29.3 Å². The third kappa shape index (κ3) is 5.55. The average Bonchev–Trinajstić information content (AvgIpc) is 2.74. The number of carbonyl (C=O) groups excluding carboxylic acids is 2. The van der Waals surface area contributed by atoms with E-state index in [0.29, 0.717) is 40.7 Å². The molecule has 0 fully saturated rings. The number of nitrogens with one attached hydrogen (secondary N) is 1. The molecule has 5 nitrogen and oxygen atoms in total. The second-order valence-electron chi connectivity index (χ2n) is 6.94. The quantitative estimate of drug-likeness (QED) is 0.636. The summed E-state index contributed by atoms with van der Waals surface area (Å²) in [5.41, 5.74) is 2.89. The van der Waals surface area contributed by atoms with Crippen LogP contribution in [0.15, 0.2) is 59.8 Å². The lowest BCUT2D eigenvalue weighted by Crippen LogP contribution is -2.41. The second-order valence-corrected chi connectivity index (χ2v) is 7.78. The Morgan fingerprint density at radius 2 is 1.90 bits per heavy atom. The van der Waals surface area contributed by atoms with E-state index in [1.165, 1.54) is 5.56 Å². The van der Waals surface area contributed by atoms with Gasteiger partial charge in [-0.15, -0.1) is 0 Å². The van der Waals surface area contributed by atoms with Crippen LogP contribution < -0.4 is 5.32 Å². The third-order valence-corrected chi connectivity index (χ3v) is 5.46. The van der Waals surface area contributed by atoms with Crippen LogP contribution in [0.5, 0.6) is 0 Å². The Bertz CT molecular complexity index is 945. The van der Waals surface area contributed by atoms with Crippen LogP contribution in [0.4, 0.5) is 0 Å². The summed E-state index contributed by atoms with van der Waals surface area (Å²) in [6.45, 7) is 3.38. The fourth-order valence-electron chi connectivity index (χ4n) is 3.37. The lowest BCUT2D eigenvalue weighted by atomic mass is 10.0. The van der Waals surface area contributed by atoms with Gasteiger partial charge in [-0.2, -0.15) is 0 Å². The van der Waals surface area contributed by atoms with Gasteiger partial charge >= 0.3 is 5.97 Å². The van der Waals surface area contributed by atoms with E-state index in [9.17, 15) is 9.59 Å². The minimum Gasteiger partial charge on any atom is -0.463 e. The van der Waals surface area contributed by atoms with Crippen molar-refractivity contribution in [3.63, 3.8) is 0 Å². The largest absolute Gasteiger partial charge is 0.463 e. The highest BCUT2D eigenvalue weighted by molar-refractivity contribution is 6.36. The predicted molar refractivity (Wildman–Crippen MR) is 119 cm³/mol. The summed E-state index contributed by atoms with van der Waals surface area (Å²) in [6.07, 6.45) is 1.38. The van der Waals surface area contributed by atoms with Crippen LogP contribution in [0.3, 0.4) is 0 Å². The van der Waals surface area contributed by atoms with Gasteiger partial charge in [0.1, 0.15) is 0 Å². The maximum atomic E-state index is 13.0.